The highest BCUT2D eigenvalue weighted by molar-refractivity contribution is 5.95. The Morgan fingerprint density at radius 1 is 1.17 bits per heavy atom. The minimum absolute atomic E-state index is 0.277. The van der Waals surface area contributed by atoms with Gasteiger partial charge in [0.15, 0.2) is 0 Å². The lowest BCUT2D eigenvalue weighted by Crippen LogP contribution is -2.17. The Morgan fingerprint density at radius 2 is 1.83 bits per heavy atom. The van der Waals surface area contributed by atoms with Crippen molar-refractivity contribution < 1.29 is 4.79 Å². The Hall–Kier alpha value is -2.69. The maximum Gasteiger partial charge on any atom is 0.271 e. The van der Waals surface area contributed by atoms with Crippen molar-refractivity contribution in [2.24, 2.45) is 5.10 Å². The molecule has 0 aliphatic heterocycles. The zero-order valence-electron chi connectivity index (χ0n) is 9.58. The standard InChI is InChI=1S/C13H12N4O/c14-12-3-1-11(2-4-12)13(18)17-16-9-10-5-7-15-8-6-10/h1-9H,14H2,(H,17,18). The minimum Gasteiger partial charge on any atom is -0.399 e. The summed E-state index contributed by atoms with van der Waals surface area (Å²) in [5.74, 6) is -0.277. The van der Waals surface area contributed by atoms with E-state index in [-0.39, 0.29) is 5.91 Å². The highest BCUT2D eigenvalue weighted by Gasteiger charge is 2.02. The van der Waals surface area contributed by atoms with E-state index in [1.165, 1.54) is 0 Å². The molecule has 5 heteroatoms. The molecule has 0 spiro atoms. The molecule has 5 nitrogen and oxygen atoms in total. The van der Waals surface area contributed by atoms with Gasteiger partial charge in [0.1, 0.15) is 0 Å². The third-order valence-electron chi connectivity index (χ3n) is 2.26. The van der Waals surface area contributed by atoms with Crippen molar-refractivity contribution in [1.29, 1.82) is 0 Å². The van der Waals surface area contributed by atoms with Crippen LogP contribution in [0.1, 0.15) is 15.9 Å². The number of rotatable bonds is 3. The second kappa shape index (κ2) is 5.58. The molecule has 0 aliphatic carbocycles. The predicted octanol–water partition coefficient (Wildman–Crippen LogP) is 1.43. The second-order valence-corrected chi connectivity index (χ2v) is 3.60. The highest BCUT2D eigenvalue weighted by atomic mass is 16.2. The third-order valence-corrected chi connectivity index (χ3v) is 2.26. The second-order valence-electron chi connectivity index (χ2n) is 3.60. The number of anilines is 1. The van der Waals surface area contributed by atoms with Crippen molar-refractivity contribution in [3.63, 3.8) is 0 Å². The average Bonchev–Trinajstić information content (AvgIpc) is 2.40. The van der Waals surface area contributed by atoms with E-state index in [9.17, 15) is 4.79 Å². The molecule has 1 aromatic carbocycles. The molecule has 0 fully saturated rings. The molecule has 1 aromatic heterocycles. The Balaban J connectivity index is 1.96. The molecule has 0 radical (unpaired) electrons. The first-order valence-electron chi connectivity index (χ1n) is 5.35. The summed E-state index contributed by atoms with van der Waals surface area (Å²) in [7, 11) is 0. The first kappa shape index (κ1) is 11.8. The lowest BCUT2D eigenvalue weighted by molar-refractivity contribution is 0.0955. The fourth-order valence-corrected chi connectivity index (χ4v) is 1.31. The Bertz CT molecular complexity index is 549. The average molecular weight is 240 g/mol. The molecule has 0 saturated carbocycles. The topological polar surface area (TPSA) is 80.4 Å². The summed E-state index contributed by atoms with van der Waals surface area (Å²) in [5.41, 5.74) is 9.96. The van der Waals surface area contributed by atoms with Crippen LogP contribution in [0.25, 0.3) is 0 Å². The van der Waals surface area contributed by atoms with E-state index in [1.54, 1.807) is 55.0 Å². The third kappa shape index (κ3) is 3.15. The summed E-state index contributed by atoms with van der Waals surface area (Å²) in [6, 6.07) is 10.2. The van der Waals surface area contributed by atoms with E-state index in [1.807, 2.05) is 0 Å². The van der Waals surface area contributed by atoms with Crippen LogP contribution in [0.2, 0.25) is 0 Å². The van der Waals surface area contributed by atoms with Crippen LogP contribution in [-0.2, 0) is 0 Å². The zero-order chi connectivity index (χ0) is 12.8. The van der Waals surface area contributed by atoms with Gasteiger partial charge in [0.25, 0.3) is 5.91 Å². The SMILES string of the molecule is Nc1ccc(C(=O)NN=Cc2ccncc2)cc1. The van der Waals surface area contributed by atoms with Gasteiger partial charge in [-0.2, -0.15) is 5.10 Å². The van der Waals surface area contributed by atoms with Gasteiger partial charge in [-0.3, -0.25) is 9.78 Å². The normalized spacial score (nSPS) is 10.4. The Kier molecular flexibility index (Phi) is 3.66. The largest absolute Gasteiger partial charge is 0.399 e. The van der Waals surface area contributed by atoms with Gasteiger partial charge in [-0.25, -0.2) is 5.43 Å². The van der Waals surface area contributed by atoms with Gasteiger partial charge in [-0.15, -0.1) is 0 Å². The molecule has 0 aliphatic rings. The van der Waals surface area contributed by atoms with E-state index in [4.69, 9.17) is 5.73 Å². The quantitative estimate of drug-likeness (QED) is 0.484. The summed E-state index contributed by atoms with van der Waals surface area (Å²) in [5, 5.41) is 3.86. The van der Waals surface area contributed by atoms with Crippen LogP contribution in [0.5, 0.6) is 0 Å². The molecular weight excluding hydrogens is 228 g/mol. The van der Waals surface area contributed by atoms with E-state index in [2.05, 4.69) is 15.5 Å². The number of carbonyl (C=O) groups is 1. The molecule has 0 bridgehead atoms. The van der Waals surface area contributed by atoms with Gasteiger partial charge in [-0.1, -0.05) is 0 Å². The smallest absolute Gasteiger partial charge is 0.271 e. The Morgan fingerprint density at radius 3 is 2.50 bits per heavy atom. The highest BCUT2D eigenvalue weighted by Crippen LogP contribution is 2.04. The molecule has 0 unspecified atom stereocenters. The molecule has 2 aromatic rings. The lowest BCUT2D eigenvalue weighted by atomic mass is 10.2. The lowest BCUT2D eigenvalue weighted by Gasteiger charge is -2.00. The van der Waals surface area contributed by atoms with Crippen LogP contribution in [0.4, 0.5) is 5.69 Å². The number of hydrazone groups is 1. The maximum atomic E-state index is 11.7. The van der Waals surface area contributed by atoms with E-state index < -0.39 is 0 Å². The number of amides is 1. The molecule has 2 rings (SSSR count). The summed E-state index contributed by atoms with van der Waals surface area (Å²) in [4.78, 5) is 15.6. The van der Waals surface area contributed by atoms with Crippen molar-refractivity contribution in [3.8, 4) is 0 Å². The monoisotopic (exact) mass is 240 g/mol. The van der Waals surface area contributed by atoms with Crippen molar-refractivity contribution in [2.45, 2.75) is 0 Å². The fourth-order valence-electron chi connectivity index (χ4n) is 1.31. The molecular formula is C13H12N4O. The number of carbonyl (C=O) groups excluding carboxylic acids is 1. The molecule has 1 heterocycles. The van der Waals surface area contributed by atoms with Gasteiger partial charge >= 0.3 is 0 Å². The number of pyridine rings is 1. The number of hydrogen-bond donors (Lipinski definition) is 2. The Labute approximate surface area is 104 Å². The van der Waals surface area contributed by atoms with Crippen LogP contribution in [0.15, 0.2) is 53.9 Å². The molecule has 1 amide bonds. The minimum atomic E-state index is -0.277. The van der Waals surface area contributed by atoms with Crippen LogP contribution >= 0.6 is 0 Å². The number of benzene rings is 1. The van der Waals surface area contributed by atoms with Crippen molar-refractivity contribution in [2.75, 3.05) is 5.73 Å². The van der Waals surface area contributed by atoms with Gasteiger partial charge in [0, 0.05) is 23.6 Å². The van der Waals surface area contributed by atoms with Crippen LogP contribution < -0.4 is 11.2 Å². The predicted molar refractivity (Wildman–Crippen MR) is 70.2 cm³/mol. The number of aromatic nitrogens is 1. The molecule has 18 heavy (non-hydrogen) atoms. The van der Waals surface area contributed by atoms with Gasteiger partial charge in [0.2, 0.25) is 0 Å². The summed E-state index contributed by atoms with van der Waals surface area (Å²) >= 11 is 0. The van der Waals surface area contributed by atoms with Crippen LogP contribution in [0, 0.1) is 0 Å². The zero-order valence-corrected chi connectivity index (χ0v) is 9.58. The van der Waals surface area contributed by atoms with Crippen molar-refractivity contribution >= 4 is 17.8 Å². The number of nitrogen functional groups attached to an aromatic ring is 1. The number of nitrogens with one attached hydrogen (secondary N) is 1. The maximum absolute atomic E-state index is 11.7. The summed E-state index contributed by atoms with van der Waals surface area (Å²) in [6.07, 6.45) is 4.86. The molecule has 0 saturated heterocycles. The van der Waals surface area contributed by atoms with E-state index in [0.717, 1.165) is 5.56 Å². The first-order chi connectivity index (χ1) is 8.75. The van der Waals surface area contributed by atoms with Gasteiger partial charge in [0.05, 0.1) is 6.21 Å². The van der Waals surface area contributed by atoms with Crippen LogP contribution in [0.3, 0.4) is 0 Å². The van der Waals surface area contributed by atoms with E-state index in [0.29, 0.717) is 11.3 Å². The first-order valence-corrected chi connectivity index (χ1v) is 5.35. The molecule has 90 valence electrons. The van der Waals surface area contributed by atoms with Crippen molar-refractivity contribution in [3.05, 3.63) is 59.9 Å². The van der Waals surface area contributed by atoms with Crippen molar-refractivity contribution in [1.82, 2.24) is 10.4 Å². The summed E-state index contributed by atoms with van der Waals surface area (Å²) < 4.78 is 0. The van der Waals surface area contributed by atoms with Gasteiger partial charge < -0.3 is 5.73 Å². The fraction of sp³-hybridized carbons (Fsp3) is 0. The number of nitrogens with zero attached hydrogens (tertiary/aromatic N) is 2. The number of hydrogen-bond acceptors (Lipinski definition) is 4. The van der Waals surface area contributed by atoms with E-state index >= 15 is 0 Å². The number of nitrogens with two attached hydrogens (primary N) is 1. The van der Waals surface area contributed by atoms with Gasteiger partial charge in [-0.05, 0) is 42.0 Å². The van der Waals surface area contributed by atoms with Crippen LogP contribution in [-0.4, -0.2) is 17.1 Å². The summed E-state index contributed by atoms with van der Waals surface area (Å²) in [6.45, 7) is 0. The molecule has 0 atom stereocenters. The molecule has 3 N–H and O–H groups in total.